The number of aromatic amines is 1. The predicted octanol–water partition coefficient (Wildman–Crippen LogP) is -0.0882. The number of aliphatic carboxylic acids is 1. The number of hydrogen-bond donors (Lipinski definition) is 4. The summed E-state index contributed by atoms with van der Waals surface area (Å²) in [6.07, 6.45) is 2.17. The number of carboxylic acids is 1. The minimum Gasteiger partial charge on any atom is -0.477 e. The molecule has 32 heavy (non-hydrogen) atoms. The van der Waals surface area contributed by atoms with Gasteiger partial charge in [-0.1, -0.05) is 6.92 Å². The van der Waals surface area contributed by atoms with Gasteiger partial charge in [0.15, 0.2) is 0 Å². The van der Waals surface area contributed by atoms with E-state index < -0.39 is 18.0 Å². The van der Waals surface area contributed by atoms with E-state index in [1.807, 2.05) is 11.8 Å². The quantitative estimate of drug-likeness (QED) is 0.447. The zero-order chi connectivity index (χ0) is 22.7. The number of amides is 2. The maximum absolute atomic E-state index is 13.1. The molecule has 2 saturated heterocycles. The van der Waals surface area contributed by atoms with Crippen LogP contribution in [0.15, 0.2) is 16.9 Å². The maximum atomic E-state index is 13.1. The number of thioether (sulfide) groups is 1. The van der Waals surface area contributed by atoms with Crippen LogP contribution < -0.4 is 5.32 Å². The lowest BCUT2D eigenvalue weighted by Gasteiger charge is -2.46. The van der Waals surface area contributed by atoms with Crippen LogP contribution in [0, 0.1) is 11.8 Å². The molecule has 4 N–H and O–H groups in total. The van der Waals surface area contributed by atoms with Gasteiger partial charge in [0.05, 0.1) is 48.4 Å². The summed E-state index contributed by atoms with van der Waals surface area (Å²) in [4.78, 5) is 48.8. The van der Waals surface area contributed by atoms with Gasteiger partial charge in [-0.2, -0.15) is 0 Å². The van der Waals surface area contributed by atoms with Gasteiger partial charge in [-0.05, 0) is 13.3 Å². The predicted molar refractivity (Wildman–Crippen MR) is 115 cm³/mol. The highest BCUT2D eigenvalue weighted by molar-refractivity contribution is 8.03. The van der Waals surface area contributed by atoms with E-state index in [9.17, 15) is 24.6 Å². The lowest BCUT2D eigenvalue weighted by atomic mass is 9.79. The second-order valence-corrected chi connectivity index (χ2v) is 10.4. The fourth-order valence-corrected chi connectivity index (χ4v) is 6.94. The summed E-state index contributed by atoms with van der Waals surface area (Å²) in [5.74, 6) is -2.14. The highest BCUT2D eigenvalue weighted by Gasteiger charge is 2.60. The summed E-state index contributed by atoms with van der Waals surface area (Å²) < 4.78 is 0. The Morgan fingerprint density at radius 3 is 2.88 bits per heavy atom. The normalized spacial score (nSPS) is 32.6. The number of aliphatic hydroxyl groups is 1. The molecule has 0 spiro atoms. The number of aromatic nitrogens is 2. The summed E-state index contributed by atoms with van der Waals surface area (Å²) in [6.45, 7) is 5.24. The van der Waals surface area contributed by atoms with Crippen LogP contribution in [0.5, 0.6) is 0 Å². The lowest BCUT2D eigenvalue weighted by Crippen LogP contribution is -2.63. The van der Waals surface area contributed by atoms with E-state index in [-0.39, 0.29) is 40.8 Å². The largest absolute Gasteiger partial charge is 0.477 e. The molecule has 11 heteroatoms. The molecule has 1 aromatic rings. The number of nitrogens with one attached hydrogen (secondary N) is 2. The van der Waals surface area contributed by atoms with Gasteiger partial charge < -0.3 is 30.3 Å². The van der Waals surface area contributed by atoms with Gasteiger partial charge in [0.2, 0.25) is 11.8 Å². The number of fused-ring (bicyclic) bond motifs is 2. The SMILES string of the molecule is C[C@@H](O)[C@H]1C(=O)N2C(C(=O)O)=C(S[C@@H]3CN[C@H](C(=O)N4CCc5nc[nH]c5C4)C3)[C@H](C)[C@H]12. The number of carbonyl (C=O) groups excluding carboxylic acids is 2. The van der Waals surface area contributed by atoms with Crippen molar-refractivity contribution < 1.29 is 24.6 Å². The van der Waals surface area contributed by atoms with Crippen molar-refractivity contribution in [2.75, 3.05) is 13.1 Å². The number of hydrogen-bond acceptors (Lipinski definition) is 7. The molecule has 0 unspecified atom stereocenters. The molecule has 5 heterocycles. The van der Waals surface area contributed by atoms with Crippen molar-refractivity contribution in [1.82, 2.24) is 25.1 Å². The highest BCUT2D eigenvalue weighted by Crippen LogP contribution is 2.51. The van der Waals surface area contributed by atoms with Crippen molar-refractivity contribution in [2.45, 2.75) is 56.7 Å². The third-order valence-corrected chi connectivity index (χ3v) is 8.59. The molecule has 0 aliphatic carbocycles. The third kappa shape index (κ3) is 3.25. The molecule has 0 bridgehead atoms. The molecule has 4 aliphatic heterocycles. The number of aliphatic hydroxyl groups excluding tert-OH is 1. The molecule has 10 nitrogen and oxygen atoms in total. The molecule has 0 saturated carbocycles. The number of imidazole rings is 1. The second kappa shape index (κ2) is 7.89. The molecule has 172 valence electrons. The Bertz CT molecular complexity index is 1010. The Hall–Kier alpha value is -2.37. The van der Waals surface area contributed by atoms with Gasteiger partial charge in [-0.15, -0.1) is 11.8 Å². The van der Waals surface area contributed by atoms with Crippen LogP contribution >= 0.6 is 11.8 Å². The lowest BCUT2D eigenvalue weighted by molar-refractivity contribution is -0.163. The summed E-state index contributed by atoms with van der Waals surface area (Å²) in [7, 11) is 0. The van der Waals surface area contributed by atoms with Gasteiger partial charge in [0.1, 0.15) is 5.70 Å². The fourth-order valence-electron chi connectivity index (χ4n) is 5.46. The van der Waals surface area contributed by atoms with Crippen molar-refractivity contribution in [3.8, 4) is 0 Å². The average molecular weight is 462 g/mol. The summed E-state index contributed by atoms with van der Waals surface area (Å²) in [5.41, 5.74) is 2.03. The molecular weight excluding hydrogens is 434 g/mol. The smallest absolute Gasteiger partial charge is 0.353 e. The molecule has 0 radical (unpaired) electrons. The average Bonchev–Trinajstić information content (AvgIpc) is 3.45. The summed E-state index contributed by atoms with van der Waals surface area (Å²) in [5, 5.41) is 23.1. The molecule has 1 aromatic heterocycles. The Morgan fingerprint density at radius 2 is 2.16 bits per heavy atom. The van der Waals surface area contributed by atoms with E-state index in [1.54, 1.807) is 13.3 Å². The molecule has 6 atom stereocenters. The van der Waals surface area contributed by atoms with E-state index in [0.29, 0.717) is 31.0 Å². The molecule has 2 amide bonds. The van der Waals surface area contributed by atoms with Crippen LogP contribution in [-0.2, 0) is 27.3 Å². The van der Waals surface area contributed by atoms with Crippen LogP contribution in [-0.4, -0.2) is 84.3 Å². The third-order valence-electron chi connectivity index (χ3n) is 7.08. The number of rotatable bonds is 5. The second-order valence-electron chi connectivity index (χ2n) is 9.05. The van der Waals surface area contributed by atoms with Crippen molar-refractivity contribution in [3.63, 3.8) is 0 Å². The van der Waals surface area contributed by atoms with E-state index in [2.05, 4.69) is 15.3 Å². The van der Waals surface area contributed by atoms with E-state index in [4.69, 9.17) is 0 Å². The first-order valence-electron chi connectivity index (χ1n) is 11.0. The van der Waals surface area contributed by atoms with Crippen molar-refractivity contribution in [1.29, 1.82) is 0 Å². The molecule has 4 aliphatic rings. The fraction of sp³-hybridized carbons (Fsp3) is 0.619. The number of nitrogens with zero attached hydrogens (tertiary/aromatic N) is 3. The summed E-state index contributed by atoms with van der Waals surface area (Å²) >= 11 is 1.45. The summed E-state index contributed by atoms with van der Waals surface area (Å²) in [6, 6.07) is -0.633. The van der Waals surface area contributed by atoms with Gasteiger partial charge in [0, 0.05) is 35.6 Å². The van der Waals surface area contributed by atoms with Crippen molar-refractivity contribution >= 4 is 29.5 Å². The maximum Gasteiger partial charge on any atom is 0.353 e. The first kappa shape index (κ1) is 21.5. The molecular formula is C21H27N5O5S. The number of carboxylic acid groups (broad SMARTS) is 1. The van der Waals surface area contributed by atoms with Crippen molar-refractivity contribution in [3.05, 3.63) is 28.3 Å². The van der Waals surface area contributed by atoms with Crippen LogP contribution in [0.1, 0.15) is 31.7 Å². The molecule has 0 aromatic carbocycles. The Labute approximate surface area is 189 Å². The first-order valence-corrected chi connectivity index (χ1v) is 11.8. The van der Waals surface area contributed by atoms with Crippen LogP contribution in [0.3, 0.4) is 0 Å². The van der Waals surface area contributed by atoms with Gasteiger partial charge in [0.25, 0.3) is 0 Å². The van der Waals surface area contributed by atoms with Crippen LogP contribution in [0.4, 0.5) is 0 Å². The Kier molecular flexibility index (Phi) is 5.30. The topological polar surface area (TPSA) is 139 Å². The van der Waals surface area contributed by atoms with Crippen molar-refractivity contribution in [2.24, 2.45) is 11.8 Å². The highest BCUT2D eigenvalue weighted by atomic mass is 32.2. The number of H-pyrrole nitrogens is 1. The standard InChI is InChI=1S/C21H27N5O5S/c1-9-16-15(10(2)27)20(29)26(16)17(21(30)31)18(9)32-11-5-13(22-6-11)19(28)25-4-3-12-14(7-25)24-8-23-12/h8-11,13,15-16,22,27H,3-7H2,1-2H3,(H,23,24)(H,30,31)/t9-,10-,11+,13+,15-,16-/m1/s1. The number of β-lactam (4-membered cyclic amide) rings is 1. The minimum atomic E-state index is -1.12. The molecule has 5 rings (SSSR count). The first-order chi connectivity index (χ1) is 15.3. The minimum absolute atomic E-state index is 0.0297. The van der Waals surface area contributed by atoms with Gasteiger partial charge >= 0.3 is 5.97 Å². The zero-order valence-corrected chi connectivity index (χ0v) is 18.8. The van der Waals surface area contributed by atoms with Gasteiger partial charge in [-0.25, -0.2) is 9.78 Å². The Morgan fingerprint density at radius 1 is 1.38 bits per heavy atom. The van der Waals surface area contributed by atoms with E-state index >= 15 is 0 Å². The van der Waals surface area contributed by atoms with Crippen LogP contribution in [0.25, 0.3) is 0 Å². The van der Waals surface area contributed by atoms with Gasteiger partial charge in [-0.3, -0.25) is 9.59 Å². The van der Waals surface area contributed by atoms with E-state index in [0.717, 1.165) is 17.8 Å². The Balaban J connectivity index is 1.27. The van der Waals surface area contributed by atoms with E-state index in [1.165, 1.54) is 16.7 Å². The van der Waals surface area contributed by atoms with Crippen LogP contribution in [0.2, 0.25) is 0 Å². The number of carbonyl (C=O) groups is 3. The zero-order valence-electron chi connectivity index (χ0n) is 17.9. The molecule has 2 fully saturated rings. The monoisotopic (exact) mass is 461 g/mol.